The summed E-state index contributed by atoms with van der Waals surface area (Å²) in [7, 11) is 3.54. The van der Waals surface area contributed by atoms with Gasteiger partial charge in [-0.1, -0.05) is 0 Å². The van der Waals surface area contributed by atoms with Crippen LogP contribution in [0.15, 0.2) is 22.2 Å². The summed E-state index contributed by atoms with van der Waals surface area (Å²) in [6.45, 7) is 0. The molecule has 0 heterocycles. The Bertz CT molecular complexity index is 567. The third-order valence-corrected chi connectivity index (χ3v) is 3.13. The average molecular weight is 369 g/mol. The van der Waals surface area contributed by atoms with Gasteiger partial charge in [0.15, 0.2) is 0 Å². The van der Waals surface area contributed by atoms with Crippen molar-refractivity contribution in [1.82, 2.24) is 0 Å². The molecule has 0 N–H and O–H groups in total. The van der Waals surface area contributed by atoms with Crippen LogP contribution in [0.25, 0.3) is 6.08 Å². The lowest BCUT2D eigenvalue weighted by Crippen LogP contribution is -2.21. The van der Waals surface area contributed by atoms with Crippen LogP contribution >= 0.6 is 15.9 Å². The number of methoxy groups -OCH3 is 3. The molecule has 0 spiro atoms. The number of carbonyl (C=O) groups excluding carboxylic acids is 1. The van der Waals surface area contributed by atoms with Gasteiger partial charge in [0.25, 0.3) is 0 Å². The molecule has 8 heteroatoms. The van der Waals surface area contributed by atoms with E-state index >= 15 is 0 Å². The van der Waals surface area contributed by atoms with Crippen molar-refractivity contribution in [3.8, 4) is 11.5 Å². The fourth-order valence-electron chi connectivity index (χ4n) is 1.52. The molecule has 0 unspecified atom stereocenters. The van der Waals surface area contributed by atoms with E-state index in [2.05, 4.69) is 20.7 Å². The second-order valence-corrected chi connectivity index (χ2v) is 4.63. The highest BCUT2D eigenvalue weighted by Gasteiger charge is 2.39. The van der Waals surface area contributed by atoms with E-state index in [9.17, 15) is 18.0 Å². The predicted molar refractivity (Wildman–Crippen MR) is 73.3 cm³/mol. The Morgan fingerprint density at radius 1 is 1.14 bits per heavy atom. The van der Waals surface area contributed by atoms with Crippen molar-refractivity contribution >= 4 is 28.0 Å². The molecular formula is C13H12BrF3O4. The summed E-state index contributed by atoms with van der Waals surface area (Å²) in [4.78, 5) is 11.3. The van der Waals surface area contributed by atoms with Gasteiger partial charge in [-0.05, 0) is 34.1 Å². The first-order valence-corrected chi connectivity index (χ1v) is 6.32. The number of hydrogen-bond donors (Lipinski definition) is 0. The summed E-state index contributed by atoms with van der Waals surface area (Å²) in [6.07, 6.45) is -4.20. The highest BCUT2D eigenvalue weighted by molar-refractivity contribution is 9.10. The fourth-order valence-corrected chi connectivity index (χ4v) is 2.00. The van der Waals surface area contributed by atoms with Crippen LogP contribution in [-0.4, -0.2) is 33.5 Å². The van der Waals surface area contributed by atoms with E-state index in [1.165, 1.54) is 26.4 Å². The Morgan fingerprint density at radius 3 is 2.14 bits per heavy atom. The van der Waals surface area contributed by atoms with Crippen LogP contribution in [0.5, 0.6) is 11.5 Å². The second-order valence-electron chi connectivity index (χ2n) is 3.78. The largest absolute Gasteiger partial charge is 0.496 e. The topological polar surface area (TPSA) is 44.8 Å². The SMILES string of the molecule is COC(=O)/C(=C/c1cc(OC)c(Br)cc1OC)C(F)(F)F. The lowest BCUT2D eigenvalue weighted by atomic mass is 10.1. The molecule has 0 aliphatic rings. The quantitative estimate of drug-likeness (QED) is 0.601. The van der Waals surface area contributed by atoms with E-state index < -0.39 is 17.7 Å². The second kappa shape index (κ2) is 6.84. The van der Waals surface area contributed by atoms with Gasteiger partial charge in [0.05, 0.1) is 25.8 Å². The smallest absolute Gasteiger partial charge is 0.423 e. The number of carbonyl (C=O) groups is 1. The maximum Gasteiger partial charge on any atom is 0.423 e. The Labute approximate surface area is 127 Å². The minimum absolute atomic E-state index is 0.0373. The molecule has 0 aliphatic carbocycles. The molecule has 0 amide bonds. The first-order chi connectivity index (χ1) is 9.74. The Kier molecular flexibility index (Phi) is 5.65. The first kappa shape index (κ1) is 17.4. The highest BCUT2D eigenvalue weighted by Crippen LogP contribution is 2.36. The molecule has 0 saturated heterocycles. The standard InChI is InChI=1S/C13H12BrF3O4/c1-19-10-6-9(14)11(20-2)5-7(10)4-8(12(18)21-3)13(15,16)17/h4-6H,1-3H3/b8-4-. The molecule has 0 bridgehead atoms. The summed E-state index contributed by atoms with van der Waals surface area (Å²) in [5.41, 5.74) is -1.40. The minimum atomic E-state index is -4.85. The molecule has 1 aromatic carbocycles. The normalized spacial score (nSPS) is 12.0. The van der Waals surface area contributed by atoms with E-state index in [4.69, 9.17) is 9.47 Å². The van der Waals surface area contributed by atoms with Crippen molar-refractivity contribution in [1.29, 1.82) is 0 Å². The van der Waals surface area contributed by atoms with Crippen LogP contribution in [0.3, 0.4) is 0 Å². The summed E-state index contributed by atoms with van der Waals surface area (Å²) < 4.78 is 53.3. The number of alkyl halides is 3. The summed E-state index contributed by atoms with van der Waals surface area (Å²) in [5, 5.41) is 0. The van der Waals surface area contributed by atoms with Gasteiger partial charge in [-0.2, -0.15) is 13.2 Å². The lowest BCUT2D eigenvalue weighted by Gasteiger charge is -2.13. The molecular weight excluding hydrogens is 357 g/mol. The van der Waals surface area contributed by atoms with Crippen LogP contribution in [-0.2, 0) is 9.53 Å². The van der Waals surface area contributed by atoms with Crippen molar-refractivity contribution in [2.24, 2.45) is 0 Å². The molecule has 0 atom stereocenters. The van der Waals surface area contributed by atoms with Gasteiger partial charge < -0.3 is 14.2 Å². The summed E-state index contributed by atoms with van der Waals surface area (Å²) >= 11 is 3.19. The zero-order valence-corrected chi connectivity index (χ0v) is 13.0. The summed E-state index contributed by atoms with van der Waals surface area (Å²) in [5.74, 6) is -1.03. The van der Waals surface area contributed by atoms with Gasteiger partial charge in [-0.3, -0.25) is 0 Å². The Morgan fingerprint density at radius 2 is 1.71 bits per heavy atom. The number of halogens is 4. The van der Waals surface area contributed by atoms with Crippen LogP contribution in [0, 0.1) is 0 Å². The molecule has 0 fully saturated rings. The first-order valence-electron chi connectivity index (χ1n) is 5.53. The molecule has 1 aromatic rings. The summed E-state index contributed by atoms with van der Waals surface area (Å²) in [6, 6.07) is 2.76. The van der Waals surface area contributed by atoms with Gasteiger partial charge in [0.2, 0.25) is 0 Å². The molecule has 0 aromatic heterocycles. The van der Waals surface area contributed by atoms with Crippen molar-refractivity contribution < 1.29 is 32.2 Å². The van der Waals surface area contributed by atoms with Crippen molar-refractivity contribution in [2.75, 3.05) is 21.3 Å². The molecule has 4 nitrogen and oxygen atoms in total. The Balaban J connectivity index is 3.48. The molecule has 0 aliphatic heterocycles. The van der Waals surface area contributed by atoms with Gasteiger partial charge >= 0.3 is 12.1 Å². The van der Waals surface area contributed by atoms with Gasteiger partial charge in [0, 0.05) is 5.56 Å². The van der Waals surface area contributed by atoms with Crippen molar-refractivity contribution in [2.45, 2.75) is 6.18 Å². The van der Waals surface area contributed by atoms with Crippen LogP contribution in [0.1, 0.15) is 5.56 Å². The molecule has 0 saturated carbocycles. The van der Waals surface area contributed by atoms with Gasteiger partial charge in [-0.15, -0.1) is 0 Å². The molecule has 21 heavy (non-hydrogen) atoms. The van der Waals surface area contributed by atoms with E-state index in [-0.39, 0.29) is 11.3 Å². The zero-order chi connectivity index (χ0) is 16.2. The van der Waals surface area contributed by atoms with E-state index in [1.807, 2.05) is 0 Å². The number of rotatable bonds is 4. The predicted octanol–water partition coefficient (Wildman–Crippen LogP) is 3.59. The van der Waals surface area contributed by atoms with Crippen molar-refractivity contribution in [3.63, 3.8) is 0 Å². The van der Waals surface area contributed by atoms with Gasteiger partial charge in [0.1, 0.15) is 17.1 Å². The molecule has 0 radical (unpaired) electrons. The van der Waals surface area contributed by atoms with E-state index in [0.29, 0.717) is 16.3 Å². The number of benzene rings is 1. The molecule has 116 valence electrons. The van der Waals surface area contributed by atoms with E-state index in [1.54, 1.807) is 0 Å². The molecule has 1 rings (SSSR count). The minimum Gasteiger partial charge on any atom is -0.496 e. The third-order valence-electron chi connectivity index (χ3n) is 2.51. The van der Waals surface area contributed by atoms with Crippen LogP contribution in [0.4, 0.5) is 13.2 Å². The van der Waals surface area contributed by atoms with Crippen LogP contribution < -0.4 is 9.47 Å². The highest BCUT2D eigenvalue weighted by atomic mass is 79.9. The van der Waals surface area contributed by atoms with Crippen LogP contribution in [0.2, 0.25) is 0 Å². The van der Waals surface area contributed by atoms with E-state index in [0.717, 1.165) is 7.11 Å². The average Bonchev–Trinajstić information content (AvgIpc) is 2.43. The third kappa shape index (κ3) is 4.13. The lowest BCUT2D eigenvalue weighted by molar-refractivity contribution is -0.147. The number of ether oxygens (including phenoxy) is 3. The Hall–Kier alpha value is -1.70. The fraction of sp³-hybridized carbons (Fsp3) is 0.308. The maximum absolute atomic E-state index is 12.9. The number of esters is 1. The maximum atomic E-state index is 12.9. The van der Waals surface area contributed by atoms with Gasteiger partial charge in [-0.25, -0.2) is 4.79 Å². The number of hydrogen-bond acceptors (Lipinski definition) is 4. The zero-order valence-electron chi connectivity index (χ0n) is 11.4. The monoisotopic (exact) mass is 368 g/mol. The van der Waals surface area contributed by atoms with Crippen molar-refractivity contribution in [3.05, 3.63) is 27.7 Å².